The van der Waals surface area contributed by atoms with Gasteiger partial charge in [-0.2, -0.15) is 17.0 Å². The first kappa shape index (κ1) is 17.7. The molecule has 7 heteroatoms. The second kappa shape index (κ2) is 7.82. The van der Waals surface area contributed by atoms with Gasteiger partial charge < -0.3 is 4.74 Å². The molecule has 6 nitrogen and oxygen atoms in total. The highest BCUT2D eigenvalue weighted by Crippen LogP contribution is 2.19. The molecule has 2 fully saturated rings. The molecular formula is C17H27N3O3S. The Morgan fingerprint density at radius 2 is 1.50 bits per heavy atom. The van der Waals surface area contributed by atoms with E-state index in [1.165, 1.54) is 5.56 Å². The predicted molar refractivity (Wildman–Crippen MR) is 94.2 cm³/mol. The summed E-state index contributed by atoms with van der Waals surface area (Å²) in [5.41, 5.74) is 1.23. The first-order valence-electron chi connectivity index (χ1n) is 8.79. The molecule has 0 saturated carbocycles. The molecule has 2 saturated heterocycles. The van der Waals surface area contributed by atoms with Gasteiger partial charge in [-0.25, -0.2) is 0 Å². The van der Waals surface area contributed by atoms with Gasteiger partial charge in [-0.05, 0) is 37.5 Å². The minimum Gasteiger partial charge on any atom is -0.494 e. The fraction of sp³-hybridized carbons (Fsp3) is 0.647. The van der Waals surface area contributed by atoms with Crippen LogP contribution in [-0.4, -0.2) is 67.8 Å². The Morgan fingerprint density at radius 1 is 0.917 bits per heavy atom. The van der Waals surface area contributed by atoms with Gasteiger partial charge in [0, 0.05) is 45.8 Å². The summed E-state index contributed by atoms with van der Waals surface area (Å²) >= 11 is 0. The van der Waals surface area contributed by atoms with Crippen LogP contribution in [0, 0.1) is 0 Å². The summed E-state index contributed by atoms with van der Waals surface area (Å²) in [4.78, 5) is 2.31. The number of hydrogen-bond donors (Lipinski definition) is 0. The van der Waals surface area contributed by atoms with Crippen molar-refractivity contribution in [3.8, 4) is 5.75 Å². The van der Waals surface area contributed by atoms with Crippen LogP contribution in [0.4, 0.5) is 0 Å². The lowest BCUT2D eigenvalue weighted by atomic mass is 10.2. The van der Waals surface area contributed by atoms with Gasteiger partial charge >= 0.3 is 0 Å². The van der Waals surface area contributed by atoms with Crippen LogP contribution in [0.25, 0.3) is 0 Å². The highest BCUT2D eigenvalue weighted by molar-refractivity contribution is 7.86. The Bertz CT molecular complexity index is 619. The molecule has 0 bridgehead atoms. The molecule has 0 radical (unpaired) electrons. The highest BCUT2D eigenvalue weighted by Gasteiger charge is 2.33. The molecule has 3 rings (SSSR count). The summed E-state index contributed by atoms with van der Waals surface area (Å²) in [5, 5.41) is 0. The van der Waals surface area contributed by atoms with Gasteiger partial charge in [0.2, 0.25) is 0 Å². The van der Waals surface area contributed by atoms with Crippen molar-refractivity contribution < 1.29 is 13.2 Å². The van der Waals surface area contributed by atoms with Gasteiger partial charge in [0.25, 0.3) is 10.2 Å². The monoisotopic (exact) mass is 353 g/mol. The van der Waals surface area contributed by atoms with E-state index in [0.29, 0.717) is 32.8 Å². The van der Waals surface area contributed by atoms with Crippen molar-refractivity contribution in [2.45, 2.75) is 26.3 Å². The average molecular weight is 353 g/mol. The molecule has 2 aliphatic rings. The SMILES string of the molecule is CCOc1ccc(CN2CCN(S(=O)(=O)N3CCCC3)CC2)cc1. The zero-order chi connectivity index (χ0) is 17.0. The number of rotatable bonds is 6. The lowest BCUT2D eigenvalue weighted by molar-refractivity contribution is 0.176. The summed E-state index contributed by atoms with van der Waals surface area (Å²) in [6.45, 7) is 7.57. The third-order valence-electron chi connectivity index (χ3n) is 4.69. The zero-order valence-electron chi connectivity index (χ0n) is 14.4. The molecule has 0 unspecified atom stereocenters. The van der Waals surface area contributed by atoms with Crippen LogP contribution in [-0.2, 0) is 16.8 Å². The Morgan fingerprint density at radius 3 is 2.08 bits per heavy atom. The Balaban J connectivity index is 1.51. The van der Waals surface area contributed by atoms with Crippen molar-refractivity contribution in [1.29, 1.82) is 0 Å². The zero-order valence-corrected chi connectivity index (χ0v) is 15.2. The number of benzene rings is 1. The molecule has 2 heterocycles. The van der Waals surface area contributed by atoms with Crippen LogP contribution >= 0.6 is 0 Å². The van der Waals surface area contributed by atoms with Crippen LogP contribution in [0.1, 0.15) is 25.3 Å². The molecular weight excluding hydrogens is 326 g/mol. The number of ether oxygens (including phenoxy) is 1. The molecule has 0 amide bonds. The van der Waals surface area contributed by atoms with E-state index < -0.39 is 10.2 Å². The van der Waals surface area contributed by atoms with Crippen molar-refractivity contribution in [2.75, 3.05) is 45.9 Å². The van der Waals surface area contributed by atoms with E-state index in [1.54, 1.807) is 8.61 Å². The van der Waals surface area contributed by atoms with Crippen LogP contribution in [0.5, 0.6) is 5.75 Å². The molecule has 0 atom stereocenters. The minimum atomic E-state index is -3.25. The van der Waals surface area contributed by atoms with E-state index in [2.05, 4.69) is 17.0 Å². The van der Waals surface area contributed by atoms with Crippen molar-refractivity contribution in [3.05, 3.63) is 29.8 Å². The lowest BCUT2D eigenvalue weighted by Gasteiger charge is -2.35. The van der Waals surface area contributed by atoms with E-state index >= 15 is 0 Å². The molecule has 2 aliphatic heterocycles. The number of hydrogen-bond acceptors (Lipinski definition) is 4. The third kappa shape index (κ3) is 4.08. The van der Waals surface area contributed by atoms with E-state index in [9.17, 15) is 8.42 Å². The molecule has 24 heavy (non-hydrogen) atoms. The number of piperazine rings is 1. The Hall–Kier alpha value is -1.15. The van der Waals surface area contributed by atoms with Gasteiger partial charge in [-0.3, -0.25) is 4.90 Å². The maximum atomic E-state index is 12.6. The van der Waals surface area contributed by atoms with Gasteiger partial charge in [-0.15, -0.1) is 0 Å². The van der Waals surface area contributed by atoms with Crippen molar-refractivity contribution >= 4 is 10.2 Å². The smallest absolute Gasteiger partial charge is 0.282 e. The molecule has 0 N–H and O–H groups in total. The second-order valence-corrected chi connectivity index (χ2v) is 8.29. The van der Waals surface area contributed by atoms with Crippen molar-refractivity contribution in [3.63, 3.8) is 0 Å². The lowest BCUT2D eigenvalue weighted by Crippen LogP contribution is -2.52. The van der Waals surface area contributed by atoms with E-state index in [4.69, 9.17) is 4.74 Å². The third-order valence-corrected chi connectivity index (χ3v) is 6.72. The van der Waals surface area contributed by atoms with Gasteiger partial charge in [0.15, 0.2) is 0 Å². The Labute approximate surface area is 145 Å². The van der Waals surface area contributed by atoms with Crippen LogP contribution < -0.4 is 4.74 Å². The summed E-state index contributed by atoms with van der Waals surface area (Å²) in [7, 11) is -3.25. The quantitative estimate of drug-likeness (QED) is 0.779. The maximum Gasteiger partial charge on any atom is 0.282 e. The van der Waals surface area contributed by atoms with Crippen LogP contribution in [0.2, 0.25) is 0 Å². The topological polar surface area (TPSA) is 53.1 Å². The van der Waals surface area contributed by atoms with Crippen LogP contribution in [0.15, 0.2) is 24.3 Å². The van der Waals surface area contributed by atoms with Gasteiger partial charge in [0.05, 0.1) is 6.61 Å². The van der Waals surface area contributed by atoms with Crippen LogP contribution in [0.3, 0.4) is 0 Å². The molecule has 0 aromatic heterocycles. The van der Waals surface area contributed by atoms with E-state index in [1.807, 2.05) is 19.1 Å². The highest BCUT2D eigenvalue weighted by atomic mass is 32.2. The molecule has 1 aromatic rings. The van der Waals surface area contributed by atoms with E-state index in [0.717, 1.165) is 38.2 Å². The second-order valence-electron chi connectivity index (χ2n) is 6.37. The van der Waals surface area contributed by atoms with Gasteiger partial charge in [-0.1, -0.05) is 12.1 Å². The standard InChI is InChI=1S/C17H27N3O3S/c1-2-23-17-7-5-16(6-8-17)15-18-11-13-20(14-12-18)24(21,22)19-9-3-4-10-19/h5-8H,2-4,9-15H2,1H3. The van der Waals surface area contributed by atoms with Crippen molar-refractivity contribution in [1.82, 2.24) is 13.5 Å². The predicted octanol–water partition coefficient (Wildman–Crippen LogP) is 1.54. The molecule has 1 aromatic carbocycles. The first-order valence-corrected chi connectivity index (χ1v) is 10.2. The van der Waals surface area contributed by atoms with Gasteiger partial charge in [0.1, 0.15) is 5.75 Å². The number of nitrogens with zero attached hydrogens (tertiary/aromatic N) is 3. The van der Waals surface area contributed by atoms with E-state index in [-0.39, 0.29) is 0 Å². The normalized spacial score (nSPS) is 21.2. The summed E-state index contributed by atoms with van der Waals surface area (Å²) in [6, 6.07) is 8.15. The Kier molecular flexibility index (Phi) is 5.76. The summed E-state index contributed by atoms with van der Waals surface area (Å²) in [5.74, 6) is 0.891. The minimum absolute atomic E-state index is 0.579. The molecule has 134 valence electrons. The van der Waals surface area contributed by atoms with Crippen molar-refractivity contribution in [2.24, 2.45) is 0 Å². The average Bonchev–Trinajstić information content (AvgIpc) is 3.13. The fourth-order valence-electron chi connectivity index (χ4n) is 3.32. The summed E-state index contributed by atoms with van der Waals surface area (Å²) < 4.78 is 33.9. The molecule has 0 aliphatic carbocycles. The molecule has 0 spiro atoms. The fourth-order valence-corrected chi connectivity index (χ4v) is 4.99. The summed E-state index contributed by atoms with van der Waals surface area (Å²) in [6.07, 6.45) is 1.97. The maximum absolute atomic E-state index is 12.6. The largest absolute Gasteiger partial charge is 0.494 e. The first-order chi connectivity index (χ1) is 11.6.